The van der Waals surface area contributed by atoms with E-state index in [0.717, 1.165) is 10.2 Å². The molecule has 0 aromatic carbocycles. The third kappa shape index (κ3) is 1.37. The van der Waals surface area contributed by atoms with E-state index in [1.807, 2.05) is 6.07 Å². The number of nitrogens with one attached hydrogen (secondary N) is 1. The molecule has 0 saturated carbocycles. The average Bonchev–Trinajstić information content (AvgIpc) is 2.49. The van der Waals surface area contributed by atoms with E-state index < -0.39 is 0 Å². The number of aromatic nitrogens is 2. The molecule has 3 nitrogen and oxygen atoms in total. The van der Waals surface area contributed by atoms with Gasteiger partial charge in [0.1, 0.15) is 4.70 Å². The Labute approximate surface area is 79.4 Å². The molecule has 2 rings (SSSR count). The molecule has 0 radical (unpaired) electrons. The Hall–Kier alpha value is -1.16. The maximum absolute atomic E-state index is 11.3. The topological polar surface area (TPSA) is 45.8 Å². The minimum absolute atomic E-state index is 0.0399. The van der Waals surface area contributed by atoms with Crippen LogP contribution in [-0.2, 0) is 0 Å². The molecule has 0 bridgehead atoms. The van der Waals surface area contributed by atoms with Gasteiger partial charge in [0.05, 0.1) is 11.8 Å². The molecule has 0 spiro atoms. The number of aromatic amines is 1. The summed E-state index contributed by atoms with van der Waals surface area (Å²) in [6.07, 6.45) is 1.45. The lowest BCUT2D eigenvalue weighted by atomic mass is 10.2. The maximum atomic E-state index is 11.3. The first-order valence-electron chi connectivity index (χ1n) is 4.15. The average molecular weight is 194 g/mol. The highest BCUT2D eigenvalue weighted by atomic mass is 32.1. The predicted octanol–water partition coefficient (Wildman–Crippen LogP) is 2.11. The summed E-state index contributed by atoms with van der Waals surface area (Å²) in [5.74, 6) is 0.457. The Kier molecular flexibility index (Phi) is 1.92. The van der Waals surface area contributed by atoms with Gasteiger partial charge in [-0.15, -0.1) is 11.3 Å². The van der Waals surface area contributed by atoms with Gasteiger partial charge in [-0.25, -0.2) is 4.98 Å². The second kappa shape index (κ2) is 2.96. The van der Waals surface area contributed by atoms with E-state index in [0.29, 0.717) is 5.92 Å². The summed E-state index contributed by atoms with van der Waals surface area (Å²) in [5, 5.41) is 0. The Morgan fingerprint density at radius 3 is 2.92 bits per heavy atom. The molecule has 2 heterocycles. The highest BCUT2D eigenvalue weighted by molar-refractivity contribution is 7.19. The second-order valence-electron chi connectivity index (χ2n) is 3.25. The molecule has 2 aromatic rings. The van der Waals surface area contributed by atoms with Crippen LogP contribution in [0.25, 0.3) is 10.2 Å². The largest absolute Gasteiger partial charge is 0.312 e. The first-order valence-corrected chi connectivity index (χ1v) is 4.97. The monoisotopic (exact) mass is 194 g/mol. The SMILES string of the molecule is CC(C)c1cc2nc[nH]c(=O)c2s1. The predicted molar refractivity (Wildman–Crippen MR) is 54.3 cm³/mol. The molecule has 68 valence electrons. The summed E-state index contributed by atoms with van der Waals surface area (Å²) in [5.41, 5.74) is 0.763. The molecular formula is C9H10N2OS. The Morgan fingerprint density at radius 1 is 1.54 bits per heavy atom. The van der Waals surface area contributed by atoms with Gasteiger partial charge in [0.25, 0.3) is 5.56 Å². The number of hydrogen-bond acceptors (Lipinski definition) is 3. The maximum Gasteiger partial charge on any atom is 0.268 e. The lowest BCUT2D eigenvalue weighted by Crippen LogP contribution is -2.02. The Bertz CT molecular complexity index is 484. The summed E-state index contributed by atoms with van der Waals surface area (Å²) in [4.78, 5) is 19.2. The lowest BCUT2D eigenvalue weighted by Gasteiger charge is -1.95. The van der Waals surface area contributed by atoms with Crippen molar-refractivity contribution >= 4 is 21.6 Å². The fourth-order valence-corrected chi connectivity index (χ4v) is 2.18. The van der Waals surface area contributed by atoms with Crippen LogP contribution in [0.2, 0.25) is 0 Å². The quantitative estimate of drug-likeness (QED) is 0.755. The highest BCUT2D eigenvalue weighted by Crippen LogP contribution is 2.26. The third-order valence-electron chi connectivity index (χ3n) is 1.91. The second-order valence-corrected chi connectivity index (χ2v) is 4.33. The van der Waals surface area contributed by atoms with Gasteiger partial charge in [0.2, 0.25) is 0 Å². The number of nitrogens with zero attached hydrogens (tertiary/aromatic N) is 1. The summed E-state index contributed by atoms with van der Waals surface area (Å²) in [6.45, 7) is 4.22. The van der Waals surface area contributed by atoms with Crippen LogP contribution in [0.3, 0.4) is 0 Å². The van der Waals surface area contributed by atoms with Crippen molar-refractivity contribution in [3.05, 3.63) is 27.6 Å². The molecule has 0 saturated heterocycles. The van der Waals surface area contributed by atoms with Crippen molar-refractivity contribution in [2.75, 3.05) is 0 Å². The van der Waals surface area contributed by atoms with Crippen LogP contribution in [0.4, 0.5) is 0 Å². The van der Waals surface area contributed by atoms with E-state index in [1.165, 1.54) is 22.5 Å². The van der Waals surface area contributed by atoms with Gasteiger partial charge in [0.15, 0.2) is 0 Å². The summed E-state index contributed by atoms with van der Waals surface area (Å²) in [7, 11) is 0. The number of rotatable bonds is 1. The molecule has 0 aliphatic carbocycles. The van der Waals surface area contributed by atoms with Crippen LogP contribution in [0.5, 0.6) is 0 Å². The Balaban J connectivity index is 2.76. The fraction of sp³-hybridized carbons (Fsp3) is 0.333. The number of hydrogen-bond donors (Lipinski definition) is 1. The van der Waals surface area contributed by atoms with Gasteiger partial charge < -0.3 is 4.98 Å². The molecule has 2 aromatic heterocycles. The van der Waals surface area contributed by atoms with Crippen LogP contribution in [-0.4, -0.2) is 9.97 Å². The van der Waals surface area contributed by atoms with E-state index in [-0.39, 0.29) is 5.56 Å². The molecule has 0 aliphatic heterocycles. The highest BCUT2D eigenvalue weighted by Gasteiger charge is 2.07. The molecule has 0 atom stereocenters. The zero-order chi connectivity index (χ0) is 9.42. The van der Waals surface area contributed by atoms with E-state index in [4.69, 9.17) is 0 Å². The molecule has 1 N–H and O–H groups in total. The minimum atomic E-state index is -0.0399. The molecule has 0 aliphatic rings. The first kappa shape index (κ1) is 8.44. The van der Waals surface area contributed by atoms with Gasteiger partial charge in [-0.2, -0.15) is 0 Å². The van der Waals surface area contributed by atoms with Crippen LogP contribution in [0.1, 0.15) is 24.6 Å². The normalized spacial score (nSPS) is 11.3. The van der Waals surface area contributed by atoms with Gasteiger partial charge in [-0.3, -0.25) is 4.79 Å². The molecule has 0 fully saturated rings. The molecular weight excluding hydrogens is 184 g/mol. The van der Waals surface area contributed by atoms with Crippen molar-refractivity contribution < 1.29 is 0 Å². The van der Waals surface area contributed by atoms with E-state index in [9.17, 15) is 4.79 Å². The third-order valence-corrected chi connectivity index (χ3v) is 3.33. The summed E-state index contributed by atoms with van der Waals surface area (Å²) in [6, 6.07) is 1.99. The van der Waals surface area contributed by atoms with E-state index in [2.05, 4.69) is 23.8 Å². The summed E-state index contributed by atoms with van der Waals surface area (Å²) < 4.78 is 0.728. The zero-order valence-electron chi connectivity index (χ0n) is 7.50. The minimum Gasteiger partial charge on any atom is -0.312 e. The van der Waals surface area contributed by atoms with Crippen LogP contribution in [0.15, 0.2) is 17.2 Å². The number of fused-ring (bicyclic) bond motifs is 1. The molecule has 13 heavy (non-hydrogen) atoms. The van der Waals surface area contributed by atoms with Gasteiger partial charge in [0, 0.05) is 4.88 Å². The van der Waals surface area contributed by atoms with Gasteiger partial charge in [-0.1, -0.05) is 13.8 Å². The fourth-order valence-electron chi connectivity index (χ4n) is 1.17. The Morgan fingerprint density at radius 2 is 2.31 bits per heavy atom. The van der Waals surface area contributed by atoms with Crippen LogP contribution in [0, 0.1) is 0 Å². The van der Waals surface area contributed by atoms with Crippen LogP contribution >= 0.6 is 11.3 Å². The van der Waals surface area contributed by atoms with Crippen molar-refractivity contribution in [2.24, 2.45) is 0 Å². The van der Waals surface area contributed by atoms with E-state index in [1.54, 1.807) is 0 Å². The smallest absolute Gasteiger partial charge is 0.268 e. The van der Waals surface area contributed by atoms with Crippen LogP contribution < -0.4 is 5.56 Å². The van der Waals surface area contributed by atoms with Crippen molar-refractivity contribution in [2.45, 2.75) is 19.8 Å². The zero-order valence-corrected chi connectivity index (χ0v) is 8.31. The van der Waals surface area contributed by atoms with E-state index >= 15 is 0 Å². The molecule has 4 heteroatoms. The first-order chi connectivity index (χ1) is 6.18. The van der Waals surface area contributed by atoms with Crippen molar-refractivity contribution in [1.29, 1.82) is 0 Å². The summed E-state index contributed by atoms with van der Waals surface area (Å²) >= 11 is 1.53. The number of thiophene rings is 1. The van der Waals surface area contributed by atoms with Gasteiger partial charge in [-0.05, 0) is 12.0 Å². The van der Waals surface area contributed by atoms with Crippen molar-refractivity contribution in [3.63, 3.8) is 0 Å². The lowest BCUT2D eigenvalue weighted by molar-refractivity contribution is 0.890. The standard InChI is InChI=1S/C9H10N2OS/c1-5(2)7-3-6-8(13-7)9(12)11-4-10-6/h3-5H,1-2H3,(H,10,11,12). The number of H-pyrrole nitrogens is 1. The van der Waals surface area contributed by atoms with Crippen molar-refractivity contribution in [3.8, 4) is 0 Å². The van der Waals surface area contributed by atoms with Crippen molar-refractivity contribution in [1.82, 2.24) is 9.97 Å². The molecule has 0 unspecified atom stereocenters. The molecule has 0 amide bonds. The van der Waals surface area contributed by atoms with Gasteiger partial charge >= 0.3 is 0 Å².